The van der Waals surface area contributed by atoms with E-state index in [0.29, 0.717) is 41.9 Å². The fourth-order valence-corrected chi connectivity index (χ4v) is 3.19. The molecule has 0 aliphatic carbocycles. The number of methoxy groups -OCH3 is 1. The van der Waals surface area contributed by atoms with Crippen LogP contribution in [0.5, 0.6) is 5.75 Å². The SMILES string of the molecule is COc1ccccc1NC(=O)N1CCC(OCc2nc(-c3cnccn3)no2)CC1. The molecule has 1 aromatic carbocycles. The van der Waals surface area contributed by atoms with Crippen LogP contribution in [0.2, 0.25) is 0 Å². The molecule has 3 heterocycles. The average molecular weight is 410 g/mol. The highest BCUT2D eigenvalue weighted by Gasteiger charge is 2.24. The molecule has 0 bridgehead atoms. The molecule has 1 saturated heterocycles. The second kappa shape index (κ2) is 9.31. The molecule has 1 aliphatic rings. The van der Waals surface area contributed by atoms with Gasteiger partial charge in [-0.25, -0.2) is 9.78 Å². The number of nitrogens with zero attached hydrogens (tertiary/aromatic N) is 5. The van der Waals surface area contributed by atoms with Crippen molar-refractivity contribution in [3.63, 3.8) is 0 Å². The van der Waals surface area contributed by atoms with Crippen LogP contribution in [0.4, 0.5) is 10.5 Å². The van der Waals surface area contributed by atoms with Crippen molar-refractivity contribution in [2.24, 2.45) is 0 Å². The Morgan fingerprint density at radius 3 is 2.87 bits per heavy atom. The summed E-state index contributed by atoms with van der Waals surface area (Å²) in [5.74, 6) is 1.39. The number of hydrogen-bond donors (Lipinski definition) is 1. The minimum atomic E-state index is -0.150. The summed E-state index contributed by atoms with van der Waals surface area (Å²) in [6, 6.07) is 7.18. The second-order valence-corrected chi connectivity index (χ2v) is 6.73. The van der Waals surface area contributed by atoms with Crippen LogP contribution in [0, 0.1) is 0 Å². The molecule has 0 saturated carbocycles. The lowest BCUT2D eigenvalue weighted by molar-refractivity contribution is -0.00532. The fourth-order valence-electron chi connectivity index (χ4n) is 3.19. The number of rotatable bonds is 6. The van der Waals surface area contributed by atoms with Crippen molar-refractivity contribution in [3.05, 3.63) is 48.7 Å². The molecule has 156 valence electrons. The summed E-state index contributed by atoms with van der Waals surface area (Å²) in [7, 11) is 1.58. The van der Waals surface area contributed by atoms with Crippen molar-refractivity contribution in [2.45, 2.75) is 25.6 Å². The minimum Gasteiger partial charge on any atom is -0.495 e. The molecule has 0 radical (unpaired) electrons. The van der Waals surface area contributed by atoms with E-state index in [1.807, 2.05) is 24.3 Å². The lowest BCUT2D eigenvalue weighted by atomic mass is 10.1. The first kappa shape index (κ1) is 19.8. The third kappa shape index (κ3) is 4.71. The Morgan fingerprint density at radius 2 is 2.10 bits per heavy atom. The molecule has 2 aromatic heterocycles. The van der Waals surface area contributed by atoms with Gasteiger partial charge in [-0.05, 0) is 25.0 Å². The summed E-state index contributed by atoms with van der Waals surface area (Å²) in [6.45, 7) is 1.41. The third-order valence-corrected chi connectivity index (χ3v) is 4.78. The molecule has 2 amide bonds. The number of para-hydroxylation sites is 2. The highest BCUT2D eigenvalue weighted by Crippen LogP contribution is 2.24. The lowest BCUT2D eigenvalue weighted by Gasteiger charge is -2.31. The maximum atomic E-state index is 12.5. The molecule has 10 heteroatoms. The Balaban J connectivity index is 1.24. The van der Waals surface area contributed by atoms with Crippen LogP contribution in [0.1, 0.15) is 18.7 Å². The molecule has 0 atom stereocenters. The molecule has 0 spiro atoms. The van der Waals surface area contributed by atoms with E-state index >= 15 is 0 Å². The number of nitrogens with one attached hydrogen (secondary N) is 1. The van der Waals surface area contributed by atoms with Crippen LogP contribution < -0.4 is 10.1 Å². The van der Waals surface area contributed by atoms with Gasteiger partial charge in [0.25, 0.3) is 5.89 Å². The highest BCUT2D eigenvalue weighted by molar-refractivity contribution is 5.91. The van der Waals surface area contributed by atoms with E-state index in [0.717, 1.165) is 12.8 Å². The predicted octanol–water partition coefficient (Wildman–Crippen LogP) is 2.75. The Labute approximate surface area is 173 Å². The van der Waals surface area contributed by atoms with Gasteiger partial charge < -0.3 is 24.2 Å². The first-order valence-corrected chi connectivity index (χ1v) is 9.62. The van der Waals surface area contributed by atoms with Gasteiger partial charge in [-0.1, -0.05) is 17.3 Å². The van der Waals surface area contributed by atoms with Gasteiger partial charge in [0.1, 0.15) is 18.1 Å². The van der Waals surface area contributed by atoms with E-state index in [1.165, 1.54) is 0 Å². The Hall–Kier alpha value is -3.53. The average Bonchev–Trinajstić information content (AvgIpc) is 3.28. The number of anilines is 1. The van der Waals surface area contributed by atoms with E-state index in [-0.39, 0.29) is 18.7 Å². The van der Waals surface area contributed by atoms with E-state index in [9.17, 15) is 4.79 Å². The molecule has 30 heavy (non-hydrogen) atoms. The van der Waals surface area contributed by atoms with Gasteiger partial charge in [0, 0.05) is 25.5 Å². The lowest BCUT2D eigenvalue weighted by Crippen LogP contribution is -2.43. The van der Waals surface area contributed by atoms with Crippen molar-refractivity contribution >= 4 is 11.7 Å². The third-order valence-electron chi connectivity index (χ3n) is 4.78. The van der Waals surface area contributed by atoms with Crippen LogP contribution in [-0.4, -0.2) is 57.3 Å². The highest BCUT2D eigenvalue weighted by atomic mass is 16.5. The first-order valence-electron chi connectivity index (χ1n) is 9.62. The zero-order chi connectivity index (χ0) is 20.8. The molecule has 1 fully saturated rings. The van der Waals surface area contributed by atoms with Crippen molar-refractivity contribution in [1.29, 1.82) is 0 Å². The van der Waals surface area contributed by atoms with Crippen molar-refractivity contribution in [2.75, 3.05) is 25.5 Å². The molecule has 1 aliphatic heterocycles. The molecule has 10 nitrogen and oxygen atoms in total. The molecular formula is C20H22N6O4. The van der Waals surface area contributed by atoms with Crippen LogP contribution in [0.25, 0.3) is 11.5 Å². The van der Waals surface area contributed by atoms with E-state index in [2.05, 4.69) is 25.4 Å². The van der Waals surface area contributed by atoms with Gasteiger partial charge in [0.2, 0.25) is 5.82 Å². The fraction of sp³-hybridized carbons (Fsp3) is 0.350. The van der Waals surface area contributed by atoms with Gasteiger partial charge in [0.15, 0.2) is 0 Å². The van der Waals surface area contributed by atoms with E-state index in [4.69, 9.17) is 14.0 Å². The first-order chi connectivity index (χ1) is 14.7. The number of carbonyl (C=O) groups excluding carboxylic acids is 1. The number of carbonyl (C=O) groups is 1. The number of urea groups is 1. The second-order valence-electron chi connectivity index (χ2n) is 6.73. The van der Waals surface area contributed by atoms with Crippen molar-refractivity contribution in [1.82, 2.24) is 25.0 Å². The van der Waals surface area contributed by atoms with Crippen LogP contribution in [0.3, 0.4) is 0 Å². The minimum absolute atomic E-state index is 0.0205. The molecule has 1 N–H and O–H groups in total. The number of aromatic nitrogens is 4. The number of hydrogen-bond acceptors (Lipinski definition) is 8. The predicted molar refractivity (Wildman–Crippen MR) is 107 cm³/mol. The number of amides is 2. The zero-order valence-electron chi connectivity index (χ0n) is 16.5. The molecule has 0 unspecified atom stereocenters. The van der Waals surface area contributed by atoms with E-state index in [1.54, 1.807) is 30.6 Å². The molecular weight excluding hydrogens is 388 g/mol. The maximum absolute atomic E-state index is 12.5. The summed E-state index contributed by atoms with van der Waals surface area (Å²) in [6.07, 6.45) is 6.19. The van der Waals surface area contributed by atoms with Gasteiger partial charge in [-0.2, -0.15) is 4.98 Å². The summed E-state index contributed by atoms with van der Waals surface area (Å²) < 4.78 is 16.4. The maximum Gasteiger partial charge on any atom is 0.321 e. The molecule has 3 aromatic rings. The van der Waals surface area contributed by atoms with E-state index < -0.39 is 0 Å². The topological polar surface area (TPSA) is 116 Å². The number of ether oxygens (including phenoxy) is 2. The Morgan fingerprint density at radius 1 is 1.27 bits per heavy atom. The van der Waals surface area contributed by atoms with Gasteiger partial charge >= 0.3 is 6.03 Å². The number of likely N-dealkylation sites (tertiary alicyclic amines) is 1. The van der Waals surface area contributed by atoms with Gasteiger partial charge in [0.05, 0.1) is 25.1 Å². The summed E-state index contributed by atoms with van der Waals surface area (Å²) in [5, 5.41) is 6.80. The largest absolute Gasteiger partial charge is 0.495 e. The Bertz CT molecular complexity index is 972. The van der Waals surface area contributed by atoms with Crippen molar-refractivity contribution < 1.29 is 18.8 Å². The van der Waals surface area contributed by atoms with Crippen LogP contribution >= 0.6 is 0 Å². The van der Waals surface area contributed by atoms with Crippen molar-refractivity contribution in [3.8, 4) is 17.3 Å². The van der Waals surface area contributed by atoms with Gasteiger partial charge in [-0.3, -0.25) is 4.98 Å². The summed E-state index contributed by atoms with van der Waals surface area (Å²) in [4.78, 5) is 26.7. The summed E-state index contributed by atoms with van der Waals surface area (Å²) >= 11 is 0. The quantitative estimate of drug-likeness (QED) is 0.659. The van der Waals surface area contributed by atoms with Gasteiger partial charge in [-0.15, -0.1) is 0 Å². The number of piperidine rings is 1. The zero-order valence-corrected chi connectivity index (χ0v) is 16.5. The molecule has 4 rings (SSSR count). The number of benzene rings is 1. The smallest absolute Gasteiger partial charge is 0.321 e. The Kier molecular flexibility index (Phi) is 6.14. The standard InChI is InChI=1S/C20H22N6O4/c1-28-17-5-3-2-4-15(17)23-20(27)26-10-6-14(7-11-26)29-13-18-24-19(25-30-18)16-12-21-8-9-22-16/h2-5,8-9,12,14H,6-7,10-11,13H2,1H3,(H,23,27). The van der Waals surface area contributed by atoms with Crippen LogP contribution in [-0.2, 0) is 11.3 Å². The normalized spacial score (nSPS) is 14.5. The van der Waals surface area contributed by atoms with Crippen LogP contribution in [0.15, 0.2) is 47.4 Å². The monoisotopic (exact) mass is 410 g/mol. The summed E-state index contributed by atoms with van der Waals surface area (Å²) in [5.41, 5.74) is 1.19.